The molecule has 0 spiro atoms. The molecule has 19 heavy (non-hydrogen) atoms. The Hall–Kier alpha value is -2.10. The van der Waals surface area contributed by atoms with Crippen molar-refractivity contribution in [2.45, 2.75) is 13.0 Å². The second kappa shape index (κ2) is 6.73. The van der Waals surface area contributed by atoms with Gasteiger partial charge in [0.15, 0.2) is 5.69 Å². The summed E-state index contributed by atoms with van der Waals surface area (Å²) in [5.74, 6) is -2.02. The van der Waals surface area contributed by atoms with Gasteiger partial charge in [-0.05, 0) is 0 Å². The molecule has 0 aliphatic carbocycles. The van der Waals surface area contributed by atoms with Gasteiger partial charge in [0.25, 0.3) is 6.43 Å². The van der Waals surface area contributed by atoms with Crippen molar-refractivity contribution in [1.29, 1.82) is 0 Å². The van der Waals surface area contributed by atoms with Crippen LogP contribution < -0.4 is 0 Å². The molecular weight excluding hydrogens is 266 g/mol. The first-order valence-corrected chi connectivity index (χ1v) is 5.24. The number of aromatic carboxylic acids is 1. The number of aliphatic hydroxyl groups excluding tert-OH is 1. The van der Waals surface area contributed by atoms with Gasteiger partial charge in [-0.15, -0.1) is 5.10 Å². The number of carboxylic acid groups (broad SMARTS) is 1. The van der Waals surface area contributed by atoms with E-state index in [4.69, 9.17) is 10.2 Å². The molecule has 1 aromatic heterocycles. The summed E-state index contributed by atoms with van der Waals surface area (Å²) in [6.45, 7) is -1.91. The molecule has 2 N–H and O–H groups in total. The van der Waals surface area contributed by atoms with E-state index in [0.29, 0.717) is 0 Å². The van der Waals surface area contributed by atoms with E-state index in [9.17, 15) is 18.4 Å². The van der Waals surface area contributed by atoms with E-state index < -0.39 is 38.0 Å². The number of carbonyl (C=O) groups excluding carboxylic acids is 1. The molecular formula is C9H12F2N4O4. The van der Waals surface area contributed by atoms with Gasteiger partial charge in [-0.25, -0.2) is 18.3 Å². The van der Waals surface area contributed by atoms with E-state index in [2.05, 4.69) is 10.3 Å². The normalized spacial score (nSPS) is 10.7. The number of nitrogens with zero attached hydrogens (tertiary/aromatic N) is 4. The monoisotopic (exact) mass is 278 g/mol. The van der Waals surface area contributed by atoms with Gasteiger partial charge >= 0.3 is 5.97 Å². The fourth-order valence-electron chi connectivity index (χ4n) is 1.32. The third-order valence-corrected chi connectivity index (χ3v) is 2.14. The zero-order valence-corrected chi connectivity index (χ0v) is 9.74. The molecule has 1 rings (SSSR count). The third kappa shape index (κ3) is 4.58. The lowest BCUT2D eigenvalue weighted by molar-refractivity contribution is -0.134. The van der Waals surface area contributed by atoms with Crippen LogP contribution in [0.15, 0.2) is 6.20 Å². The van der Waals surface area contributed by atoms with E-state index in [1.807, 2.05) is 0 Å². The van der Waals surface area contributed by atoms with E-state index in [1.54, 1.807) is 0 Å². The van der Waals surface area contributed by atoms with Gasteiger partial charge in [0.05, 0.1) is 19.3 Å². The second-order valence-corrected chi connectivity index (χ2v) is 3.56. The van der Waals surface area contributed by atoms with E-state index >= 15 is 0 Å². The van der Waals surface area contributed by atoms with Crippen LogP contribution in [0, 0.1) is 0 Å². The predicted octanol–water partition coefficient (Wildman–Crippen LogP) is -0.938. The van der Waals surface area contributed by atoms with Crippen molar-refractivity contribution in [1.82, 2.24) is 19.9 Å². The lowest BCUT2D eigenvalue weighted by Gasteiger charge is -2.20. The number of aliphatic hydroxyl groups is 1. The average molecular weight is 278 g/mol. The van der Waals surface area contributed by atoms with Crippen molar-refractivity contribution in [2.75, 3.05) is 19.7 Å². The summed E-state index contributed by atoms with van der Waals surface area (Å²) in [5, 5.41) is 24.0. The molecule has 0 aromatic carbocycles. The number of alkyl halides is 2. The van der Waals surface area contributed by atoms with Crippen molar-refractivity contribution in [3.05, 3.63) is 11.9 Å². The van der Waals surface area contributed by atoms with Crippen LogP contribution in [-0.4, -0.2) is 68.1 Å². The molecule has 10 heteroatoms. The lowest BCUT2D eigenvalue weighted by atomic mass is 10.4. The summed E-state index contributed by atoms with van der Waals surface area (Å²) in [6, 6.07) is 0. The number of rotatable bonds is 7. The number of amides is 1. The molecule has 0 atom stereocenters. The highest BCUT2D eigenvalue weighted by atomic mass is 19.3. The quantitative estimate of drug-likeness (QED) is 0.666. The second-order valence-electron chi connectivity index (χ2n) is 3.56. The minimum Gasteiger partial charge on any atom is -0.476 e. The highest BCUT2D eigenvalue weighted by Crippen LogP contribution is 2.01. The van der Waals surface area contributed by atoms with E-state index in [-0.39, 0.29) is 12.2 Å². The number of carboxylic acids is 1. The van der Waals surface area contributed by atoms with Crippen LogP contribution in [0.1, 0.15) is 10.5 Å². The topological polar surface area (TPSA) is 109 Å². The van der Waals surface area contributed by atoms with Gasteiger partial charge in [-0.1, -0.05) is 5.21 Å². The summed E-state index contributed by atoms with van der Waals surface area (Å²) >= 11 is 0. The van der Waals surface area contributed by atoms with Gasteiger partial charge in [0, 0.05) is 6.54 Å². The van der Waals surface area contributed by atoms with Crippen molar-refractivity contribution in [3.8, 4) is 0 Å². The Morgan fingerprint density at radius 1 is 1.47 bits per heavy atom. The van der Waals surface area contributed by atoms with Gasteiger partial charge in [-0.2, -0.15) is 0 Å². The fraction of sp³-hybridized carbons (Fsp3) is 0.556. The molecule has 0 aliphatic rings. The Balaban J connectivity index is 2.66. The third-order valence-electron chi connectivity index (χ3n) is 2.14. The molecule has 0 fully saturated rings. The van der Waals surface area contributed by atoms with Crippen LogP contribution in [0.3, 0.4) is 0 Å². The largest absolute Gasteiger partial charge is 0.476 e. The first kappa shape index (κ1) is 15.0. The van der Waals surface area contributed by atoms with E-state index in [0.717, 1.165) is 15.8 Å². The first-order valence-electron chi connectivity index (χ1n) is 5.24. The lowest BCUT2D eigenvalue weighted by Crippen LogP contribution is -2.39. The van der Waals surface area contributed by atoms with Crippen molar-refractivity contribution >= 4 is 11.9 Å². The van der Waals surface area contributed by atoms with Crippen molar-refractivity contribution in [2.24, 2.45) is 0 Å². The molecule has 1 aromatic rings. The van der Waals surface area contributed by atoms with Crippen LogP contribution in [0.5, 0.6) is 0 Å². The number of hydrogen-bond donors (Lipinski definition) is 2. The van der Waals surface area contributed by atoms with Crippen LogP contribution in [0.4, 0.5) is 8.78 Å². The zero-order chi connectivity index (χ0) is 14.4. The molecule has 8 nitrogen and oxygen atoms in total. The molecule has 0 saturated carbocycles. The predicted molar refractivity (Wildman–Crippen MR) is 56.7 cm³/mol. The maximum atomic E-state index is 12.2. The fourth-order valence-corrected chi connectivity index (χ4v) is 1.32. The molecule has 0 unspecified atom stereocenters. The molecule has 1 heterocycles. The Kier molecular flexibility index (Phi) is 5.30. The summed E-state index contributed by atoms with van der Waals surface area (Å²) in [6.07, 6.45) is -1.71. The van der Waals surface area contributed by atoms with Crippen molar-refractivity contribution < 1.29 is 28.6 Å². The summed E-state index contributed by atoms with van der Waals surface area (Å²) in [4.78, 5) is 23.0. The SMILES string of the molecule is O=C(O)c1cn(CC(=O)N(CCO)CC(F)F)nn1. The zero-order valence-electron chi connectivity index (χ0n) is 9.74. The Morgan fingerprint density at radius 2 is 2.16 bits per heavy atom. The van der Waals surface area contributed by atoms with E-state index in [1.165, 1.54) is 0 Å². The van der Waals surface area contributed by atoms with Crippen LogP contribution in [0.25, 0.3) is 0 Å². The number of hydrogen-bond acceptors (Lipinski definition) is 5. The smallest absolute Gasteiger partial charge is 0.358 e. The minimum absolute atomic E-state index is 0.232. The van der Waals surface area contributed by atoms with Gasteiger partial charge in [-0.3, -0.25) is 4.79 Å². The van der Waals surface area contributed by atoms with Crippen LogP contribution in [-0.2, 0) is 11.3 Å². The number of halogens is 2. The highest BCUT2D eigenvalue weighted by molar-refractivity contribution is 5.84. The van der Waals surface area contributed by atoms with Gasteiger partial charge in [0.1, 0.15) is 6.54 Å². The molecule has 106 valence electrons. The Morgan fingerprint density at radius 3 is 2.63 bits per heavy atom. The van der Waals surface area contributed by atoms with Crippen molar-refractivity contribution in [3.63, 3.8) is 0 Å². The Bertz CT molecular complexity index is 451. The Labute approximate surface area is 106 Å². The molecule has 0 aliphatic heterocycles. The minimum atomic E-state index is -2.72. The molecule has 0 saturated heterocycles. The van der Waals surface area contributed by atoms with Crippen LogP contribution in [0.2, 0.25) is 0 Å². The number of aromatic nitrogens is 3. The number of carbonyl (C=O) groups is 2. The summed E-state index contributed by atoms with van der Waals surface area (Å²) in [7, 11) is 0. The standard InChI is InChI=1S/C9H12F2N4O4/c10-7(11)4-14(1-2-16)8(17)5-15-3-6(9(18)19)12-13-15/h3,7,16H,1-2,4-5H2,(H,18,19). The maximum absolute atomic E-state index is 12.2. The van der Waals surface area contributed by atoms with Gasteiger partial charge < -0.3 is 15.1 Å². The van der Waals surface area contributed by atoms with Crippen LogP contribution >= 0.6 is 0 Å². The summed E-state index contributed by atoms with van der Waals surface area (Å²) in [5.41, 5.74) is -0.352. The molecule has 0 radical (unpaired) electrons. The first-order chi connectivity index (χ1) is 8.93. The maximum Gasteiger partial charge on any atom is 0.358 e. The average Bonchev–Trinajstić information content (AvgIpc) is 2.76. The van der Waals surface area contributed by atoms with Gasteiger partial charge in [0.2, 0.25) is 5.91 Å². The highest BCUT2D eigenvalue weighted by Gasteiger charge is 2.19. The molecule has 0 bridgehead atoms. The molecule has 1 amide bonds. The summed E-state index contributed by atoms with van der Waals surface area (Å²) < 4.78 is 25.4.